The normalized spacial score (nSPS) is 11.3. The molecule has 0 fully saturated rings. The monoisotopic (exact) mass is 399 g/mol. The molecule has 0 aliphatic rings. The molecule has 0 aliphatic carbocycles. The Balaban J connectivity index is 0.00000220. The van der Waals surface area contributed by atoms with Crippen LogP contribution in [0.1, 0.15) is 30.9 Å². The molecule has 2 rings (SSSR count). The predicted molar refractivity (Wildman–Crippen MR) is 98.1 cm³/mol. The van der Waals surface area contributed by atoms with Gasteiger partial charge in [-0.3, -0.25) is 4.68 Å². The molecular weight excluding hydrogens is 377 g/mol. The minimum Gasteiger partial charge on any atom is -0.370 e. The molecule has 0 bridgehead atoms. The van der Waals surface area contributed by atoms with Crippen LogP contribution in [0.4, 0.5) is 5.69 Å². The van der Waals surface area contributed by atoms with Gasteiger partial charge in [-0.05, 0) is 23.6 Å². The molecule has 1 aromatic heterocycles. The first-order valence-electron chi connectivity index (χ1n) is 6.69. The van der Waals surface area contributed by atoms with Crippen molar-refractivity contribution in [2.45, 2.75) is 26.3 Å². The van der Waals surface area contributed by atoms with Crippen LogP contribution in [0.3, 0.4) is 0 Å². The first-order chi connectivity index (χ1) is 9.54. The van der Waals surface area contributed by atoms with Gasteiger partial charge in [0, 0.05) is 24.5 Å². The number of rotatable bonds is 4. The second-order valence-electron chi connectivity index (χ2n) is 5.13. The maximum atomic E-state index is 5.90. The second kappa shape index (κ2) is 8.02. The van der Waals surface area contributed by atoms with Gasteiger partial charge in [0.05, 0.1) is 12.7 Å². The van der Waals surface area contributed by atoms with Crippen LogP contribution in [0.2, 0.25) is 0 Å². The Morgan fingerprint density at radius 2 is 2.19 bits per heavy atom. The number of aryl methyl sites for hydroxylation is 1. The predicted octanol–water partition coefficient (Wildman–Crippen LogP) is 3.09. The Bertz CT molecular complexity index is 604. The fourth-order valence-corrected chi connectivity index (χ4v) is 1.89. The van der Waals surface area contributed by atoms with Crippen molar-refractivity contribution in [2.75, 3.05) is 5.32 Å². The van der Waals surface area contributed by atoms with Crippen molar-refractivity contribution in [1.29, 1.82) is 0 Å². The van der Waals surface area contributed by atoms with E-state index in [-0.39, 0.29) is 24.0 Å². The van der Waals surface area contributed by atoms with E-state index in [2.05, 4.69) is 41.4 Å². The lowest BCUT2D eigenvalue weighted by Gasteiger charge is -2.09. The van der Waals surface area contributed by atoms with Gasteiger partial charge < -0.3 is 11.1 Å². The molecule has 114 valence electrons. The van der Waals surface area contributed by atoms with Crippen molar-refractivity contribution >= 4 is 35.6 Å². The molecule has 0 spiro atoms. The minimum atomic E-state index is 0. The molecule has 3 N–H and O–H groups in total. The third-order valence-corrected chi connectivity index (χ3v) is 3.02. The van der Waals surface area contributed by atoms with Crippen LogP contribution in [0.5, 0.6) is 0 Å². The van der Waals surface area contributed by atoms with Crippen LogP contribution in [0.25, 0.3) is 0 Å². The number of guanidine groups is 1. The van der Waals surface area contributed by atoms with Gasteiger partial charge in [-0.1, -0.05) is 26.0 Å². The van der Waals surface area contributed by atoms with E-state index in [1.807, 2.05) is 25.4 Å². The summed E-state index contributed by atoms with van der Waals surface area (Å²) in [4.78, 5) is 4.31. The fraction of sp³-hybridized carbons (Fsp3) is 0.333. The summed E-state index contributed by atoms with van der Waals surface area (Å²) in [6.07, 6.45) is 3.71. The summed E-state index contributed by atoms with van der Waals surface area (Å²) >= 11 is 0. The highest BCUT2D eigenvalue weighted by molar-refractivity contribution is 14.0. The number of hydrogen-bond acceptors (Lipinski definition) is 2. The molecule has 2 aromatic rings. The summed E-state index contributed by atoms with van der Waals surface area (Å²) in [6.45, 7) is 4.86. The number of nitrogens with two attached hydrogens (primary N) is 1. The lowest BCUT2D eigenvalue weighted by molar-refractivity contribution is 0.767. The fourth-order valence-electron chi connectivity index (χ4n) is 1.89. The highest BCUT2D eigenvalue weighted by Gasteiger charge is 2.01. The average molecular weight is 399 g/mol. The Labute approximate surface area is 142 Å². The first kappa shape index (κ1) is 17.5. The largest absolute Gasteiger partial charge is 0.370 e. The SMILES string of the molecule is CC(C)c1cccc(NC(N)=NCc2cnn(C)c2)c1.I. The van der Waals surface area contributed by atoms with E-state index in [9.17, 15) is 0 Å². The van der Waals surface area contributed by atoms with Gasteiger partial charge in [0.25, 0.3) is 0 Å². The maximum Gasteiger partial charge on any atom is 0.193 e. The highest BCUT2D eigenvalue weighted by Crippen LogP contribution is 2.18. The van der Waals surface area contributed by atoms with E-state index >= 15 is 0 Å². The van der Waals surface area contributed by atoms with Gasteiger partial charge in [0.15, 0.2) is 5.96 Å². The Morgan fingerprint density at radius 3 is 2.81 bits per heavy atom. The second-order valence-corrected chi connectivity index (χ2v) is 5.13. The number of aromatic nitrogens is 2. The van der Waals surface area contributed by atoms with Crippen molar-refractivity contribution < 1.29 is 0 Å². The van der Waals surface area contributed by atoms with Crippen molar-refractivity contribution in [3.63, 3.8) is 0 Å². The standard InChI is InChI=1S/C15H21N5.HI/c1-11(2)13-5-4-6-14(7-13)19-15(16)17-8-12-9-18-20(3)10-12;/h4-7,9-11H,8H2,1-3H3,(H3,16,17,19);1H. The van der Waals surface area contributed by atoms with Gasteiger partial charge in [0.2, 0.25) is 0 Å². The summed E-state index contributed by atoms with van der Waals surface area (Å²) in [7, 11) is 1.88. The van der Waals surface area contributed by atoms with E-state index in [1.54, 1.807) is 10.9 Å². The third kappa shape index (κ3) is 5.37. The number of nitrogens with zero attached hydrogens (tertiary/aromatic N) is 3. The zero-order valence-corrected chi connectivity index (χ0v) is 14.9. The number of aliphatic imine (C=N–C) groups is 1. The Hall–Kier alpha value is -1.57. The maximum absolute atomic E-state index is 5.90. The first-order valence-corrected chi connectivity index (χ1v) is 6.69. The van der Waals surface area contributed by atoms with E-state index in [4.69, 9.17) is 5.73 Å². The number of nitrogens with one attached hydrogen (secondary N) is 1. The zero-order valence-electron chi connectivity index (χ0n) is 12.6. The van der Waals surface area contributed by atoms with E-state index in [1.165, 1.54) is 5.56 Å². The van der Waals surface area contributed by atoms with E-state index in [0.29, 0.717) is 18.4 Å². The van der Waals surface area contributed by atoms with Crippen LogP contribution in [-0.4, -0.2) is 15.7 Å². The molecule has 0 radical (unpaired) electrons. The van der Waals surface area contributed by atoms with Gasteiger partial charge in [-0.25, -0.2) is 4.99 Å². The topological polar surface area (TPSA) is 68.2 Å². The molecule has 0 saturated heterocycles. The molecule has 21 heavy (non-hydrogen) atoms. The van der Waals surface area contributed by atoms with Crippen LogP contribution < -0.4 is 11.1 Å². The minimum absolute atomic E-state index is 0. The molecule has 0 unspecified atom stereocenters. The van der Waals surface area contributed by atoms with Crippen LogP contribution in [-0.2, 0) is 13.6 Å². The van der Waals surface area contributed by atoms with E-state index in [0.717, 1.165) is 11.3 Å². The van der Waals surface area contributed by atoms with Crippen molar-refractivity contribution in [1.82, 2.24) is 9.78 Å². The number of anilines is 1. The molecule has 1 aromatic carbocycles. The lowest BCUT2D eigenvalue weighted by atomic mass is 10.0. The van der Waals surface area contributed by atoms with Crippen LogP contribution >= 0.6 is 24.0 Å². The average Bonchev–Trinajstić information content (AvgIpc) is 2.82. The quantitative estimate of drug-likeness (QED) is 0.472. The molecule has 6 heteroatoms. The smallest absolute Gasteiger partial charge is 0.193 e. The van der Waals surface area contributed by atoms with Gasteiger partial charge >= 0.3 is 0 Å². The molecule has 0 aliphatic heterocycles. The highest BCUT2D eigenvalue weighted by atomic mass is 127. The lowest BCUT2D eigenvalue weighted by Crippen LogP contribution is -2.22. The van der Waals surface area contributed by atoms with Gasteiger partial charge in [-0.15, -0.1) is 24.0 Å². The van der Waals surface area contributed by atoms with E-state index < -0.39 is 0 Å². The number of halogens is 1. The van der Waals surface area contributed by atoms with Crippen LogP contribution in [0.15, 0.2) is 41.7 Å². The van der Waals surface area contributed by atoms with Crippen LogP contribution in [0, 0.1) is 0 Å². The summed E-state index contributed by atoms with van der Waals surface area (Å²) in [6, 6.07) is 8.21. The molecule has 5 nitrogen and oxygen atoms in total. The summed E-state index contributed by atoms with van der Waals surface area (Å²) in [5, 5.41) is 7.21. The van der Waals surface area contributed by atoms with Crippen molar-refractivity contribution in [3.8, 4) is 0 Å². The molecular formula is C15H22IN5. The summed E-state index contributed by atoms with van der Waals surface area (Å²) < 4.78 is 1.75. The van der Waals surface area contributed by atoms with Crippen molar-refractivity contribution in [3.05, 3.63) is 47.8 Å². The molecule has 0 atom stereocenters. The third-order valence-electron chi connectivity index (χ3n) is 3.02. The number of benzene rings is 1. The summed E-state index contributed by atoms with van der Waals surface area (Å²) in [5.74, 6) is 0.903. The Kier molecular flexibility index (Phi) is 6.67. The zero-order chi connectivity index (χ0) is 14.5. The molecule has 0 amide bonds. The Morgan fingerprint density at radius 1 is 1.43 bits per heavy atom. The molecule has 0 saturated carbocycles. The van der Waals surface area contributed by atoms with Crippen molar-refractivity contribution in [2.24, 2.45) is 17.8 Å². The summed E-state index contributed by atoms with van der Waals surface area (Å²) in [5.41, 5.74) is 9.17. The van der Waals surface area contributed by atoms with Gasteiger partial charge in [0.1, 0.15) is 0 Å². The number of hydrogen-bond donors (Lipinski definition) is 2. The van der Waals surface area contributed by atoms with Gasteiger partial charge in [-0.2, -0.15) is 5.10 Å². The molecule has 1 heterocycles.